The van der Waals surface area contributed by atoms with Crippen molar-refractivity contribution in [3.63, 3.8) is 0 Å². The maximum atomic E-state index is 10.9. The van der Waals surface area contributed by atoms with Gasteiger partial charge in [-0.2, -0.15) is 5.26 Å². The number of hydrogen-bond donors (Lipinski definition) is 1. The topological polar surface area (TPSA) is 44.0 Å². The third-order valence-corrected chi connectivity index (χ3v) is 4.93. The van der Waals surface area contributed by atoms with E-state index in [1.165, 1.54) is 12.0 Å². The second-order valence-corrected chi connectivity index (χ2v) is 6.40. The van der Waals surface area contributed by atoms with Crippen molar-refractivity contribution >= 4 is 0 Å². The Labute approximate surface area is 122 Å². The molecule has 0 aromatic heterocycles. The summed E-state index contributed by atoms with van der Waals surface area (Å²) in [6.45, 7) is 6.26. The highest BCUT2D eigenvalue weighted by molar-refractivity contribution is 5.34. The van der Waals surface area contributed by atoms with Crippen LogP contribution in [0.3, 0.4) is 0 Å². The summed E-state index contributed by atoms with van der Waals surface area (Å²) in [4.78, 5) is 0. The minimum Gasteiger partial charge on any atom is -0.387 e. The molecule has 3 atom stereocenters. The van der Waals surface area contributed by atoms with E-state index in [2.05, 4.69) is 26.0 Å². The molecule has 0 spiro atoms. The lowest BCUT2D eigenvalue weighted by atomic mass is 9.65. The molecule has 2 rings (SSSR count). The summed E-state index contributed by atoms with van der Waals surface area (Å²) in [5.74, 6) is 0.573. The fraction of sp³-hybridized carbons (Fsp3) is 0.611. The van der Waals surface area contributed by atoms with Crippen LogP contribution < -0.4 is 0 Å². The second kappa shape index (κ2) is 5.97. The number of hydrogen-bond acceptors (Lipinski definition) is 2. The number of aliphatic hydroxyl groups excluding tert-OH is 1. The van der Waals surface area contributed by atoms with E-state index in [0.29, 0.717) is 5.92 Å². The molecule has 2 nitrogen and oxygen atoms in total. The van der Waals surface area contributed by atoms with Gasteiger partial charge in [0.25, 0.3) is 0 Å². The standard InChI is InChI=1S/C18H25NO/c1-4-15-6-5-9-18(11-15,12-19)17(20)16-8-7-13(2)10-14(16)3/h7-8,10,15,17,20H,4-6,9,11H2,1-3H3. The van der Waals surface area contributed by atoms with E-state index in [-0.39, 0.29) is 0 Å². The molecule has 0 bridgehead atoms. The van der Waals surface area contributed by atoms with Crippen LogP contribution in [0.15, 0.2) is 18.2 Å². The average Bonchev–Trinajstić information content (AvgIpc) is 2.46. The van der Waals surface area contributed by atoms with Gasteiger partial charge in [0.2, 0.25) is 0 Å². The van der Waals surface area contributed by atoms with Gasteiger partial charge in [-0.25, -0.2) is 0 Å². The zero-order chi connectivity index (χ0) is 14.8. The van der Waals surface area contributed by atoms with Gasteiger partial charge in [-0.15, -0.1) is 0 Å². The molecular formula is C18H25NO. The van der Waals surface area contributed by atoms with Crippen LogP contribution in [0, 0.1) is 36.5 Å². The Hall–Kier alpha value is -1.33. The molecule has 3 unspecified atom stereocenters. The van der Waals surface area contributed by atoms with Gasteiger partial charge in [-0.1, -0.05) is 49.9 Å². The fourth-order valence-corrected chi connectivity index (χ4v) is 3.62. The molecule has 0 heterocycles. The van der Waals surface area contributed by atoms with Gasteiger partial charge >= 0.3 is 0 Å². The van der Waals surface area contributed by atoms with Crippen LogP contribution in [0.4, 0.5) is 0 Å². The summed E-state index contributed by atoms with van der Waals surface area (Å²) in [5, 5.41) is 20.6. The number of nitrogens with zero attached hydrogens (tertiary/aromatic N) is 1. The quantitative estimate of drug-likeness (QED) is 0.882. The minimum absolute atomic E-state index is 0.573. The van der Waals surface area contributed by atoms with E-state index in [1.807, 2.05) is 19.1 Å². The van der Waals surface area contributed by atoms with Crippen molar-refractivity contribution in [2.75, 3.05) is 0 Å². The molecule has 1 fully saturated rings. The average molecular weight is 271 g/mol. The highest BCUT2D eigenvalue weighted by Crippen LogP contribution is 2.48. The molecule has 1 aliphatic carbocycles. The molecule has 1 N–H and O–H groups in total. The van der Waals surface area contributed by atoms with E-state index >= 15 is 0 Å². The third kappa shape index (κ3) is 2.74. The molecule has 1 aromatic rings. The predicted molar refractivity (Wildman–Crippen MR) is 81.2 cm³/mol. The van der Waals surface area contributed by atoms with Crippen molar-refractivity contribution in [1.82, 2.24) is 0 Å². The van der Waals surface area contributed by atoms with Crippen LogP contribution in [-0.2, 0) is 0 Å². The SMILES string of the molecule is CCC1CCCC(C#N)(C(O)c2ccc(C)cc2C)C1. The Kier molecular flexibility index (Phi) is 4.50. The Morgan fingerprint density at radius 3 is 2.80 bits per heavy atom. The predicted octanol–water partition coefficient (Wildman–Crippen LogP) is 4.45. The molecule has 20 heavy (non-hydrogen) atoms. The maximum Gasteiger partial charge on any atom is 0.0978 e. The van der Waals surface area contributed by atoms with Gasteiger partial charge in [0.1, 0.15) is 0 Å². The summed E-state index contributed by atoms with van der Waals surface area (Å²) in [6.07, 6.45) is 4.32. The molecule has 0 aliphatic heterocycles. The van der Waals surface area contributed by atoms with Crippen molar-refractivity contribution in [2.45, 2.75) is 59.0 Å². The molecule has 1 aromatic carbocycles. The minimum atomic E-state index is -0.664. The Bertz CT molecular complexity index is 517. The summed E-state index contributed by atoms with van der Waals surface area (Å²) in [5.41, 5.74) is 2.61. The zero-order valence-corrected chi connectivity index (χ0v) is 12.8. The van der Waals surface area contributed by atoms with Crippen LogP contribution in [0.5, 0.6) is 0 Å². The van der Waals surface area contributed by atoms with Crippen molar-refractivity contribution in [2.24, 2.45) is 11.3 Å². The van der Waals surface area contributed by atoms with Gasteiger partial charge in [-0.3, -0.25) is 0 Å². The van der Waals surface area contributed by atoms with Crippen LogP contribution in [-0.4, -0.2) is 5.11 Å². The fourth-order valence-electron chi connectivity index (χ4n) is 3.62. The van der Waals surface area contributed by atoms with Crippen molar-refractivity contribution in [3.8, 4) is 6.07 Å². The van der Waals surface area contributed by atoms with Crippen LogP contribution in [0.2, 0.25) is 0 Å². The second-order valence-electron chi connectivity index (χ2n) is 6.40. The summed E-state index contributed by atoms with van der Waals surface area (Å²) in [7, 11) is 0. The summed E-state index contributed by atoms with van der Waals surface area (Å²) < 4.78 is 0. The molecule has 0 saturated heterocycles. The van der Waals surface area contributed by atoms with E-state index in [4.69, 9.17) is 0 Å². The number of rotatable bonds is 3. The van der Waals surface area contributed by atoms with E-state index in [0.717, 1.165) is 36.8 Å². The Morgan fingerprint density at radius 2 is 2.20 bits per heavy atom. The summed E-state index contributed by atoms with van der Waals surface area (Å²) in [6, 6.07) is 8.57. The Balaban J connectivity index is 2.33. The molecule has 1 aliphatic rings. The molecule has 0 radical (unpaired) electrons. The first-order valence-electron chi connectivity index (χ1n) is 7.69. The first-order valence-corrected chi connectivity index (χ1v) is 7.69. The van der Waals surface area contributed by atoms with Crippen molar-refractivity contribution in [1.29, 1.82) is 5.26 Å². The third-order valence-electron chi connectivity index (χ3n) is 4.93. The Morgan fingerprint density at radius 1 is 1.45 bits per heavy atom. The number of aryl methyl sites for hydroxylation is 2. The lowest BCUT2D eigenvalue weighted by Crippen LogP contribution is -2.33. The smallest absolute Gasteiger partial charge is 0.0978 e. The first kappa shape index (κ1) is 15.1. The lowest BCUT2D eigenvalue weighted by Gasteiger charge is -2.39. The maximum absolute atomic E-state index is 10.9. The number of nitriles is 1. The molecular weight excluding hydrogens is 246 g/mol. The molecule has 1 saturated carbocycles. The van der Waals surface area contributed by atoms with Gasteiger partial charge in [0.15, 0.2) is 0 Å². The van der Waals surface area contributed by atoms with Crippen molar-refractivity contribution in [3.05, 3.63) is 34.9 Å². The molecule has 2 heteroatoms. The number of aliphatic hydroxyl groups is 1. The molecule has 108 valence electrons. The highest BCUT2D eigenvalue weighted by Gasteiger charge is 2.43. The highest BCUT2D eigenvalue weighted by atomic mass is 16.3. The molecule has 0 amide bonds. The van der Waals surface area contributed by atoms with E-state index in [9.17, 15) is 10.4 Å². The van der Waals surface area contributed by atoms with Gasteiger partial charge in [-0.05, 0) is 43.7 Å². The first-order chi connectivity index (χ1) is 9.52. The summed E-state index contributed by atoms with van der Waals surface area (Å²) >= 11 is 0. The van der Waals surface area contributed by atoms with Crippen LogP contribution in [0.1, 0.15) is 61.8 Å². The van der Waals surface area contributed by atoms with E-state index < -0.39 is 11.5 Å². The monoisotopic (exact) mass is 271 g/mol. The van der Waals surface area contributed by atoms with Crippen LogP contribution in [0.25, 0.3) is 0 Å². The van der Waals surface area contributed by atoms with Gasteiger partial charge < -0.3 is 5.11 Å². The number of benzene rings is 1. The van der Waals surface area contributed by atoms with Crippen LogP contribution >= 0.6 is 0 Å². The lowest BCUT2D eigenvalue weighted by molar-refractivity contribution is 0.0181. The zero-order valence-electron chi connectivity index (χ0n) is 12.8. The largest absolute Gasteiger partial charge is 0.387 e. The van der Waals surface area contributed by atoms with E-state index in [1.54, 1.807) is 0 Å². The normalized spacial score (nSPS) is 27.9. The van der Waals surface area contributed by atoms with Crippen molar-refractivity contribution < 1.29 is 5.11 Å². The van der Waals surface area contributed by atoms with Gasteiger partial charge in [0.05, 0.1) is 17.6 Å². The van der Waals surface area contributed by atoms with Gasteiger partial charge in [0, 0.05) is 0 Å².